The molecule has 0 bridgehead atoms. The number of aryl methyl sites for hydroxylation is 1. The molecular formula is C17H23N5S. The average molecular weight is 329 g/mol. The zero-order valence-corrected chi connectivity index (χ0v) is 14.3. The van der Waals surface area contributed by atoms with Crippen molar-refractivity contribution in [1.82, 2.24) is 20.1 Å². The van der Waals surface area contributed by atoms with Crippen LogP contribution in [0.3, 0.4) is 0 Å². The summed E-state index contributed by atoms with van der Waals surface area (Å²) < 4.78 is 2.27. The van der Waals surface area contributed by atoms with Crippen LogP contribution in [0.2, 0.25) is 0 Å². The highest BCUT2D eigenvalue weighted by molar-refractivity contribution is 7.80. The van der Waals surface area contributed by atoms with Crippen LogP contribution < -0.4 is 10.6 Å². The lowest BCUT2D eigenvalue weighted by Crippen LogP contribution is -2.28. The Balaban J connectivity index is 1.72. The van der Waals surface area contributed by atoms with Gasteiger partial charge in [-0.3, -0.25) is 0 Å². The van der Waals surface area contributed by atoms with Gasteiger partial charge in [-0.2, -0.15) is 0 Å². The second-order valence-corrected chi connectivity index (χ2v) is 6.27. The van der Waals surface area contributed by atoms with Gasteiger partial charge in [-0.15, -0.1) is 10.2 Å². The molecule has 0 aliphatic carbocycles. The molecule has 0 unspecified atom stereocenters. The molecule has 0 amide bonds. The Labute approximate surface area is 142 Å². The molecule has 0 atom stereocenters. The standard InChI is InChI=1S/C17H23N5S/c1-2-11-18-17(23)19-14-9-7-13(8-10-14)16-21-20-15-6-4-3-5-12-22(15)16/h7-10H,2-6,11-12H2,1H3,(H2,18,19,23). The number of fused-ring (bicyclic) bond motifs is 1. The van der Waals surface area contributed by atoms with E-state index in [1.807, 2.05) is 12.1 Å². The highest BCUT2D eigenvalue weighted by atomic mass is 32.1. The van der Waals surface area contributed by atoms with Crippen molar-refractivity contribution in [3.8, 4) is 11.4 Å². The first kappa shape index (κ1) is 15.9. The number of nitrogens with zero attached hydrogens (tertiary/aromatic N) is 3. The third-order valence-corrected chi connectivity index (χ3v) is 4.29. The van der Waals surface area contributed by atoms with Crippen molar-refractivity contribution in [2.24, 2.45) is 0 Å². The van der Waals surface area contributed by atoms with Crippen molar-refractivity contribution in [2.45, 2.75) is 45.6 Å². The number of hydrogen-bond donors (Lipinski definition) is 2. The molecular weight excluding hydrogens is 306 g/mol. The van der Waals surface area contributed by atoms with Crippen LogP contribution in [0, 0.1) is 0 Å². The predicted octanol–water partition coefficient (Wildman–Crippen LogP) is 3.37. The van der Waals surface area contributed by atoms with E-state index in [9.17, 15) is 0 Å². The van der Waals surface area contributed by atoms with Crippen LogP contribution in [0.4, 0.5) is 5.69 Å². The maximum Gasteiger partial charge on any atom is 0.170 e. The normalized spacial score (nSPS) is 14.0. The third kappa shape index (κ3) is 3.88. The number of benzene rings is 1. The summed E-state index contributed by atoms with van der Waals surface area (Å²) in [6.07, 6.45) is 5.77. The van der Waals surface area contributed by atoms with Crippen molar-refractivity contribution < 1.29 is 0 Å². The molecule has 23 heavy (non-hydrogen) atoms. The first-order chi connectivity index (χ1) is 11.3. The largest absolute Gasteiger partial charge is 0.362 e. The van der Waals surface area contributed by atoms with Gasteiger partial charge in [0, 0.05) is 30.8 Å². The predicted molar refractivity (Wildman–Crippen MR) is 97.5 cm³/mol. The number of thiocarbonyl (C=S) groups is 1. The third-order valence-electron chi connectivity index (χ3n) is 4.05. The summed E-state index contributed by atoms with van der Waals surface area (Å²) in [6.45, 7) is 4.02. The Morgan fingerprint density at radius 1 is 1.17 bits per heavy atom. The van der Waals surface area contributed by atoms with Gasteiger partial charge in [0.25, 0.3) is 0 Å². The highest BCUT2D eigenvalue weighted by Gasteiger charge is 2.15. The fraction of sp³-hybridized carbons (Fsp3) is 0.471. The van der Waals surface area contributed by atoms with Gasteiger partial charge in [-0.25, -0.2) is 0 Å². The lowest BCUT2D eigenvalue weighted by Gasteiger charge is -2.11. The summed E-state index contributed by atoms with van der Waals surface area (Å²) >= 11 is 5.26. The average Bonchev–Trinajstić information content (AvgIpc) is 2.82. The van der Waals surface area contributed by atoms with Crippen LogP contribution in [0.25, 0.3) is 11.4 Å². The summed E-state index contributed by atoms with van der Waals surface area (Å²) in [4.78, 5) is 0. The first-order valence-electron chi connectivity index (χ1n) is 8.35. The molecule has 0 spiro atoms. The Kier molecular flexibility index (Phi) is 5.23. The lowest BCUT2D eigenvalue weighted by molar-refractivity contribution is 0.636. The van der Waals surface area contributed by atoms with E-state index in [1.165, 1.54) is 19.3 Å². The summed E-state index contributed by atoms with van der Waals surface area (Å²) in [6, 6.07) is 8.22. The minimum absolute atomic E-state index is 0.663. The summed E-state index contributed by atoms with van der Waals surface area (Å²) in [5, 5.41) is 15.8. The maximum absolute atomic E-state index is 5.26. The van der Waals surface area contributed by atoms with Crippen LogP contribution in [0.15, 0.2) is 24.3 Å². The van der Waals surface area contributed by atoms with Crippen molar-refractivity contribution >= 4 is 23.0 Å². The fourth-order valence-corrected chi connectivity index (χ4v) is 3.03. The minimum Gasteiger partial charge on any atom is -0.362 e. The molecule has 0 saturated heterocycles. The second-order valence-electron chi connectivity index (χ2n) is 5.86. The molecule has 1 aliphatic heterocycles. The van der Waals surface area contributed by atoms with Crippen LogP contribution >= 0.6 is 12.2 Å². The molecule has 1 aromatic heterocycles. The molecule has 2 heterocycles. The van der Waals surface area contributed by atoms with Crippen molar-refractivity contribution in [3.63, 3.8) is 0 Å². The fourth-order valence-electron chi connectivity index (χ4n) is 2.82. The molecule has 6 heteroatoms. The number of nitrogens with one attached hydrogen (secondary N) is 2. The summed E-state index contributed by atoms with van der Waals surface area (Å²) in [7, 11) is 0. The second kappa shape index (κ2) is 7.55. The Bertz CT molecular complexity index is 662. The maximum atomic E-state index is 5.26. The van der Waals surface area contributed by atoms with E-state index in [4.69, 9.17) is 12.2 Å². The van der Waals surface area contributed by atoms with Gasteiger partial charge in [0.05, 0.1) is 0 Å². The van der Waals surface area contributed by atoms with Crippen LogP contribution in [0.5, 0.6) is 0 Å². The molecule has 2 aromatic rings. The van der Waals surface area contributed by atoms with Gasteiger partial charge in [0.15, 0.2) is 10.9 Å². The number of aromatic nitrogens is 3. The van der Waals surface area contributed by atoms with E-state index < -0.39 is 0 Å². The molecule has 3 rings (SSSR count). The molecule has 122 valence electrons. The lowest BCUT2D eigenvalue weighted by atomic mass is 10.2. The Hall–Kier alpha value is -1.95. The quantitative estimate of drug-likeness (QED) is 0.842. The zero-order valence-electron chi connectivity index (χ0n) is 13.5. The van der Waals surface area contributed by atoms with Gasteiger partial charge < -0.3 is 15.2 Å². The van der Waals surface area contributed by atoms with Crippen LogP contribution in [-0.4, -0.2) is 26.4 Å². The molecule has 0 fully saturated rings. The highest BCUT2D eigenvalue weighted by Crippen LogP contribution is 2.23. The van der Waals surface area contributed by atoms with E-state index in [0.29, 0.717) is 5.11 Å². The van der Waals surface area contributed by atoms with Gasteiger partial charge in [0.2, 0.25) is 0 Å². The smallest absolute Gasteiger partial charge is 0.170 e. The number of hydrogen-bond acceptors (Lipinski definition) is 3. The molecule has 5 nitrogen and oxygen atoms in total. The molecule has 1 aromatic carbocycles. The number of anilines is 1. The monoisotopic (exact) mass is 329 g/mol. The molecule has 1 aliphatic rings. The number of rotatable bonds is 4. The molecule has 2 N–H and O–H groups in total. The minimum atomic E-state index is 0.663. The molecule has 0 radical (unpaired) electrons. The van der Waals surface area contributed by atoms with E-state index in [1.54, 1.807) is 0 Å². The zero-order chi connectivity index (χ0) is 16.1. The Morgan fingerprint density at radius 2 is 2.00 bits per heavy atom. The van der Waals surface area contributed by atoms with E-state index in [0.717, 1.165) is 48.8 Å². The van der Waals surface area contributed by atoms with Crippen molar-refractivity contribution in [1.29, 1.82) is 0 Å². The van der Waals surface area contributed by atoms with E-state index in [2.05, 4.69) is 44.5 Å². The van der Waals surface area contributed by atoms with Gasteiger partial charge in [-0.05, 0) is 55.7 Å². The first-order valence-corrected chi connectivity index (χ1v) is 8.76. The van der Waals surface area contributed by atoms with Gasteiger partial charge in [0.1, 0.15) is 5.82 Å². The van der Waals surface area contributed by atoms with E-state index >= 15 is 0 Å². The molecule has 0 saturated carbocycles. The Morgan fingerprint density at radius 3 is 2.78 bits per heavy atom. The van der Waals surface area contributed by atoms with Crippen molar-refractivity contribution in [2.75, 3.05) is 11.9 Å². The van der Waals surface area contributed by atoms with Crippen LogP contribution in [-0.2, 0) is 13.0 Å². The summed E-state index contributed by atoms with van der Waals surface area (Å²) in [5.41, 5.74) is 2.08. The van der Waals surface area contributed by atoms with Gasteiger partial charge in [-0.1, -0.05) is 13.3 Å². The van der Waals surface area contributed by atoms with E-state index in [-0.39, 0.29) is 0 Å². The summed E-state index contributed by atoms with van der Waals surface area (Å²) in [5.74, 6) is 2.09. The van der Waals surface area contributed by atoms with Crippen molar-refractivity contribution in [3.05, 3.63) is 30.1 Å². The van der Waals surface area contributed by atoms with Gasteiger partial charge >= 0.3 is 0 Å². The topological polar surface area (TPSA) is 54.8 Å². The SMILES string of the molecule is CCCNC(=S)Nc1ccc(-c2nnc3n2CCCCC3)cc1. The van der Waals surface area contributed by atoms with Crippen LogP contribution in [0.1, 0.15) is 38.4 Å².